The number of hydrogen-bond donors (Lipinski definition) is 1. The van der Waals surface area contributed by atoms with Crippen molar-refractivity contribution in [2.75, 3.05) is 0 Å². The molecule has 0 aliphatic heterocycles. The molecule has 12 rings (SSSR count). The molecule has 2 unspecified atom stereocenters. The molecule has 35 heavy (non-hydrogen) atoms. The van der Waals surface area contributed by atoms with Crippen LogP contribution in [-0.2, 0) is 18.4 Å². The lowest BCUT2D eigenvalue weighted by molar-refractivity contribution is 0.292. The lowest BCUT2D eigenvalue weighted by Gasteiger charge is -2.50. The molecule has 0 saturated heterocycles. The molecule has 5 aliphatic rings. The molecule has 0 aromatic heterocycles. The lowest BCUT2D eigenvalue weighted by Crippen LogP contribution is -2.54. The number of nitrogens with two attached hydrogens (primary N) is 1. The minimum atomic E-state index is -0.607. The summed E-state index contributed by atoms with van der Waals surface area (Å²) in [7, 11) is 0. The van der Waals surface area contributed by atoms with Crippen LogP contribution < -0.4 is 5.73 Å². The van der Waals surface area contributed by atoms with Gasteiger partial charge < -0.3 is 5.73 Å². The Bertz CT molecular complexity index is 2360. The van der Waals surface area contributed by atoms with E-state index >= 15 is 0 Å². The maximum atomic E-state index is 7.82. The molecule has 7 aromatic carbocycles. The largest absolute Gasteiger partial charge is 0.317 e. The molecule has 5 aliphatic carbocycles. The summed E-state index contributed by atoms with van der Waals surface area (Å²) >= 11 is 0. The van der Waals surface area contributed by atoms with Crippen molar-refractivity contribution >= 4 is 76.3 Å². The molecule has 2 radical (unpaired) electrons. The Balaban J connectivity index is 1.60. The van der Waals surface area contributed by atoms with Crippen molar-refractivity contribution in [2.24, 2.45) is 11.1 Å². The molecule has 0 amide bonds. The van der Waals surface area contributed by atoms with Crippen LogP contribution in [0.3, 0.4) is 0 Å². The van der Waals surface area contributed by atoms with Crippen molar-refractivity contribution in [3.05, 3.63) is 88.4 Å². The average molecular weight is 440 g/mol. The first-order chi connectivity index (χ1) is 17.1. The van der Waals surface area contributed by atoms with Gasteiger partial charge in [-0.2, -0.15) is 0 Å². The van der Waals surface area contributed by atoms with E-state index in [0.29, 0.717) is 6.42 Å². The Morgan fingerprint density at radius 3 is 2.17 bits per heavy atom. The van der Waals surface area contributed by atoms with Crippen LogP contribution in [0.4, 0.5) is 0 Å². The summed E-state index contributed by atoms with van der Waals surface area (Å²) < 4.78 is 0. The molecule has 0 spiro atoms. The van der Waals surface area contributed by atoms with Gasteiger partial charge in [0.15, 0.2) is 0 Å². The third kappa shape index (κ3) is 1.17. The molecular formula is C34H17N. The smallest absolute Gasteiger partial charge is 0.0817 e. The summed E-state index contributed by atoms with van der Waals surface area (Å²) in [6, 6.07) is 12.1. The van der Waals surface area contributed by atoms with Crippen LogP contribution in [0.25, 0.3) is 76.3 Å². The van der Waals surface area contributed by atoms with Gasteiger partial charge in [0.2, 0.25) is 0 Å². The molecular weight excluding hydrogens is 422 g/mol. The molecule has 158 valence electrons. The van der Waals surface area contributed by atoms with Crippen LogP contribution in [0.1, 0.15) is 45.4 Å². The van der Waals surface area contributed by atoms with Crippen molar-refractivity contribution in [2.45, 2.75) is 24.8 Å². The van der Waals surface area contributed by atoms with Crippen LogP contribution in [0.2, 0.25) is 0 Å². The highest BCUT2D eigenvalue weighted by atomic mass is 14.8. The zero-order chi connectivity index (χ0) is 22.3. The summed E-state index contributed by atoms with van der Waals surface area (Å²) in [5.74, 6) is 0. The van der Waals surface area contributed by atoms with E-state index in [0.717, 1.165) is 12.8 Å². The van der Waals surface area contributed by atoms with Gasteiger partial charge >= 0.3 is 0 Å². The third-order valence-corrected chi connectivity index (χ3v) is 10.9. The second-order valence-electron chi connectivity index (χ2n) is 12.0. The number of allylic oxidation sites excluding steroid dienone is 1. The summed E-state index contributed by atoms with van der Waals surface area (Å²) in [5.41, 5.74) is 18.2. The highest BCUT2D eigenvalue weighted by Gasteiger charge is 2.59. The molecule has 0 saturated carbocycles. The van der Waals surface area contributed by atoms with E-state index < -0.39 is 5.54 Å². The summed E-state index contributed by atoms with van der Waals surface area (Å²) in [6.07, 6.45) is 9.68. The Morgan fingerprint density at radius 1 is 0.714 bits per heavy atom. The Labute approximate surface area is 200 Å². The van der Waals surface area contributed by atoms with Crippen molar-refractivity contribution < 1.29 is 0 Å². The minimum absolute atomic E-state index is 0.383. The molecule has 1 nitrogen and oxygen atoms in total. The highest BCUT2D eigenvalue weighted by Crippen LogP contribution is 2.70. The van der Waals surface area contributed by atoms with Crippen LogP contribution in [0, 0.1) is 12.3 Å². The van der Waals surface area contributed by atoms with Crippen molar-refractivity contribution in [1.82, 2.24) is 0 Å². The molecule has 0 bridgehead atoms. The predicted octanol–water partition coefficient (Wildman–Crippen LogP) is 7.41. The maximum Gasteiger partial charge on any atom is 0.0817 e. The quantitative estimate of drug-likeness (QED) is 0.265. The minimum Gasteiger partial charge on any atom is -0.317 e. The lowest BCUT2D eigenvalue weighted by atomic mass is 9.56. The fourth-order valence-electron chi connectivity index (χ4n) is 9.91. The van der Waals surface area contributed by atoms with Gasteiger partial charge in [-0.15, -0.1) is 0 Å². The van der Waals surface area contributed by atoms with E-state index in [1.165, 1.54) is 109 Å². The highest BCUT2D eigenvalue weighted by molar-refractivity contribution is 6.51. The molecule has 0 fully saturated rings. The Kier molecular flexibility index (Phi) is 1.90. The van der Waals surface area contributed by atoms with Crippen molar-refractivity contribution in [1.29, 1.82) is 0 Å². The number of hydrogen-bond acceptors (Lipinski definition) is 1. The zero-order valence-electron chi connectivity index (χ0n) is 18.9. The first kappa shape index (κ1) is 16.1. The van der Waals surface area contributed by atoms with Gasteiger partial charge in [-0.25, -0.2) is 0 Å². The van der Waals surface area contributed by atoms with Gasteiger partial charge in [-0.3, -0.25) is 0 Å². The van der Waals surface area contributed by atoms with Gasteiger partial charge in [0.05, 0.1) is 5.54 Å². The fraction of sp³-hybridized carbons (Fsp3) is 0.147. The van der Waals surface area contributed by atoms with E-state index in [4.69, 9.17) is 12.7 Å². The van der Waals surface area contributed by atoms with E-state index in [9.17, 15) is 0 Å². The molecule has 2 N–H and O–H groups in total. The van der Waals surface area contributed by atoms with Gasteiger partial charge in [-0.1, -0.05) is 48.6 Å². The van der Waals surface area contributed by atoms with Gasteiger partial charge in [0.25, 0.3) is 0 Å². The second kappa shape index (κ2) is 4.14. The van der Waals surface area contributed by atoms with Crippen LogP contribution in [0.15, 0.2) is 42.5 Å². The SMILES string of the molecule is [CH]CC12C=Cc3cc4c5c6c3C1(N)c1c3c7c(cc8ccc9cc(c5c5c9c8c7c5c16)C4)CC3=C2. The predicted molar refractivity (Wildman–Crippen MR) is 145 cm³/mol. The van der Waals surface area contributed by atoms with E-state index in [-0.39, 0.29) is 5.41 Å². The van der Waals surface area contributed by atoms with Crippen molar-refractivity contribution in [3.63, 3.8) is 0 Å². The molecule has 7 aromatic rings. The summed E-state index contributed by atoms with van der Waals surface area (Å²) in [6.45, 7) is 6.68. The molecule has 1 heteroatoms. The van der Waals surface area contributed by atoms with E-state index in [1.807, 2.05) is 0 Å². The monoisotopic (exact) mass is 439 g/mol. The zero-order valence-corrected chi connectivity index (χ0v) is 18.9. The van der Waals surface area contributed by atoms with Crippen LogP contribution in [0.5, 0.6) is 0 Å². The van der Waals surface area contributed by atoms with Crippen molar-refractivity contribution in [3.8, 4) is 0 Å². The third-order valence-electron chi connectivity index (χ3n) is 10.9. The average Bonchev–Trinajstić information content (AvgIpc) is 3.57. The van der Waals surface area contributed by atoms with Gasteiger partial charge in [0.1, 0.15) is 0 Å². The standard InChI is InChI=1S/C34H17N/c1-2-33-6-5-15-9-18-10-16-7-13-3-4-14-8-17-11-19(12-33)25-24(17)27-21(14)20(13)26-22(16)23(18)29-30(28(26)27)32(25)34(33,35)31(15)29/h1,3-9,12H,2,10-11,35H2. The molecule has 0 heterocycles. The first-order valence-electron chi connectivity index (χ1n) is 12.8. The topological polar surface area (TPSA) is 26.0 Å². The number of rotatable bonds is 1. The Hall–Kier alpha value is -3.68. The van der Waals surface area contributed by atoms with E-state index in [2.05, 4.69) is 48.6 Å². The first-order valence-corrected chi connectivity index (χ1v) is 12.8. The Morgan fingerprint density at radius 2 is 1.37 bits per heavy atom. The van der Waals surface area contributed by atoms with Gasteiger partial charge in [0, 0.05) is 5.41 Å². The van der Waals surface area contributed by atoms with Gasteiger partial charge in [-0.05, 0) is 135 Å². The summed E-state index contributed by atoms with van der Waals surface area (Å²) in [5, 5.41) is 17.6. The molecule has 2 atom stereocenters. The van der Waals surface area contributed by atoms with Crippen LogP contribution >= 0.6 is 0 Å². The maximum absolute atomic E-state index is 7.82. The van der Waals surface area contributed by atoms with E-state index in [1.54, 1.807) is 0 Å². The second-order valence-corrected chi connectivity index (χ2v) is 12.0. The fourth-order valence-corrected chi connectivity index (χ4v) is 9.91. The summed E-state index contributed by atoms with van der Waals surface area (Å²) in [4.78, 5) is 0. The number of benzene rings is 6. The van der Waals surface area contributed by atoms with Crippen LogP contribution in [-0.4, -0.2) is 0 Å². The normalized spacial score (nSPS) is 26.2.